The molecule has 1 aromatic heterocycles. The van der Waals surface area contributed by atoms with Gasteiger partial charge >= 0.3 is 0 Å². The van der Waals surface area contributed by atoms with Gasteiger partial charge in [0.25, 0.3) is 0 Å². The Morgan fingerprint density at radius 1 is 0.842 bits per heavy atom. The molecule has 89 valence electrons. The normalized spacial score (nSPS) is 11.2. The molecule has 19 heavy (non-hydrogen) atoms. The summed E-state index contributed by atoms with van der Waals surface area (Å²) < 4.78 is 0. The summed E-state index contributed by atoms with van der Waals surface area (Å²) in [6.45, 7) is 0. The number of hydrogen-bond donors (Lipinski definition) is 1. The fourth-order valence-corrected chi connectivity index (χ4v) is 2.56. The number of benzene rings is 3. The molecular weight excluding hydrogens is 232 g/mol. The maximum atomic E-state index is 3.92. The highest BCUT2D eigenvalue weighted by Gasteiger charge is 2.06. The maximum absolute atomic E-state index is 3.92. The van der Waals surface area contributed by atoms with E-state index in [0.717, 1.165) is 11.1 Å². The number of rotatable bonds is 1. The van der Waals surface area contributed by atoms with Crippen molar-refractivity contribution in [3.63, 3.8) is 0 Å². The second-order valence-electron chi connectivity index (χ2n) is 4.64. The lowest BCUT2D eigenvalue weighted by Gasteiger charge is -2.06. The predicted octanol–water partition coefficient (Wildman–Crippen LogP) is 4.18. The van der Waals surface area contributed by atoms with Gasteiger partial charge < -0.3 is 0 Å². The van der Waals surface area contributed by atoms with Crippen LogP contribution in [0.15, 0.2) is 60.8 Å². The first-order chi connectivity index (χ1) is 9.42. The molecule has 0 saturated carbocycles. The molecule has 2 heteroatoms. The van der Waals surface area contributed by atoms with Crippen LogP contribution in [-0.4, -0.2) is 10.2 Å². The molecule has 0 amide bonds. The van der Waals surface area contributed by atoms with Crippen LogP contribution in [0.3, 0.4) is 0 Å². The molecular formula is C17H11N2. The molecule has 0 atom stereocenters. The summed E-state index contributed by atoms with van der Waals surface area (Å²) in [5, 5.41) is 11.7. The monoisotopic (exact) mass is 243 g/mol. The molecule has 1 N–H and O–H groups in total. The molecule has 4 rings (SSSR count). The van der Waals surface area contributed by atoms with Gasteiger partial charge in [0.2, 0.25) is 0 Å². The second-order valence-corrected chi connectivity index (χ2v) is 4.64. The first-order valence-electron chi connectivity index (χ1n) is 6.25. The Morgan fingerprint density at radius 3 is 2.42 bits per heavy atom. The summed E-state index contributed by atoms with van der Waals surface area (Å²) in [6.07, 6.45) is 4.87. The van der Waals surface area contributed by atoms with E-state index in [0.29, 0.717) is 0 Å². The molecule has 0 spiro atoms. The van der Waals surface area contributed by atoms with Crippen LogP contribution < -0.4 is 0 Å². The van der Waals surface area contributed by atoms with Gasteiger partial charge in [0.05, 0.1) is 0 Å². The van der Waals surface area contributed by atoms with Crippen molar-refractivity contribution in [3.05, 3.63) is 67.0 Å². The van der Waals surface area contributed by atoms with Crippen LogP contribution in [0.4, 0.5) is 0 Å². The van der Waals surface area contributed by atoms with Gasteiger partial charge in [-0.15, -0.1) is 0 Å². The van der Waals surface area contributed by atoms with Gasteiger partial charge in [0.1, 0.15) is 6.20 Å². The fraction of sp³-hybridized carbons (Fsp3) is 0. The van der Waals surface area contributed by atoms with Crippen LogP contribution in [0.25, 0.3) is 32.7 Å². The summed E-state index contributed by atoms with van der Waals surface area (Å²) in [5.74, 6) is 0. The molecule has 2 nitrogen and oxygen atoms in total. The Hall–Kier alpha value is -2.61. The number of nitrogens with zero attached hydrogens (tertiary/aromatic N) is 1. The largest absolute Gasteiger partial charge is 0.284 e. The number of nitrogens with one attached hydrogen (secondary N) is 1. The van der Waals surface area contributed by atoms with Gasteiger partial charge in [0, 0.05) is 11.8 Å². The Labute approximate surface area is 110 Å². The Kier molecular flexibility index (Phi) is 2.15. The van der Waals surface area contributed by atoms with Crippen LogP contribution in [0.1, 0.15) is 0 Å². The molecule has 0 unspecified atom stereocenters. The predicted molar refractivity (Wildman–Crippen MR) is 77.9 cm³/mol. The molecule has 4 aromatic rings. The van der Waals surface area contributed by atoms with Crippen molar-refractivity contribution in [2.75, 3.05) is 0 Å². The number of fused-ring (bicyclic) bond motifs is 2. The van der Waals surface area contributed by atoms with E-state index in [9.17, 15) is 0 Å². The van der Waals surface area contributed by atoms with E-state index < -0.39 is 0 Å². The average molecular weight is 243 g/mol. The number of H-pyrrole nitrogens is 1. The van der Waals surface area contributed by atoms with Gasteiger partial charge in [-0.1, -0.05) is 42.5 Å². The SMILES string of the molecule is [c]1n[nH]cc1-c1cccc2cc3ccccc3cc12. The smallest absolute Gasteiger partial charge is 0.121 e. The molecule has 0 bridgehead atoms. The average Bonchev–Trinajstić information content (AvgIpc) is 2.98. The minimum Gasteiger partial charge on any atom is -0.284 e. The van der Waals surface area contributed by atoms with E-state index in [2.05, 4.69) is 71.0 Å². The summed E-state index contributed by atoms with van der Waals surface area (Å²) in [4.78, 5) is 0. The number of aromatic nitrogens is 2. The molecule has 0 aliphatic carbocycles. The van der Waals surface area contributed by atoms with E-state index in [1.54, 1.807) is 0 Å². The van der Waals surface area contributed by atoms with E-state index in [-0.39, 0.29) is 0 Å². The molecule has 0 aliphatic heterocycles. The molecule has 0 saturated heterocycles. The minimum atomic E-state index is 1.00. The topological polar surface area (TPSA) is 28.7 Å². The standard InChI is InChI=1S/C17H11N2/c1-2-5-13-9-17-14(8-12(13)4-1)6-3-7-16(17)15-10-18-19-11-15/h1-10H,(H,18,19). The lowest BCUT2D eigenvalue weighted by atomic mass is 9.97. The third kappa shape index (κ3) is 1.61. The Bertz CT molecular complexity index is 861. The Balaban J connectivity index is 2.12. The second kappa shape index (κ2) is 3.95. The van der Waals surface area contributed by atoms with Crippen LogP contribution in [-0.2, 0) is 0 Å². The van der Waals surface area contributed by atoms with Crippen molar-refractivity contribution in [2.45, 2.75) is 0 Å². The van der Waals surface area contributed by atoms with Crippen molar-refractivity contribution in [2.24, 2.45) is 0 Å². The van der Waals surface area contributed by atoms with Gasteiger partial charge in [-0.3, -0.25) is 5.10 Å². The highest BCUT2D eigenvalue weighted by molar-refractivity contribution is 6.04. The van der Waals surface area contributed by atoms with Gasteiger partial charge in [-0.2, -0.15) is 5.10 Å². The highest BCUT2D eigenvalue weighted by atomic mass is 15.1. The van der Waals surface area contributed by atoms with Crippen LogP contribution >= 0.6 is 0 Å². The summed E-state index contributed by atoms with van der Waals surface area (Å²) in [6, 6.07) is 19.2. The van der Waals surface area contributed by atoms with Crippen molar-refractivity contribution >= 4 is 21.5 Å². The van der Waals surface area contributed by atoms with Crippen LogP contribution in [0, 0.1) is 6.20 Å². The Morgan fingerprint density at radius 2 is 1.63 bits per heavy atom. The fourth-order valence-electron chi connectivity index (χ4n) is 2.56. The van der Waals surface area contributed by atoms with E-state index in [1.807, 2.05) is 6.20 Å². The first-order valence-corrected chi connectivity index (χ1v) is 6.25. The third-order valence-corrected chi connectivity index (χ3v) is 3.49. The van der Waals surface area contributed by atoms with Gasteiger partial charge in [-0.05, 0) is 39.2 Å². The molecule has 3 aromatic carbocycles. The van der Waals surface area contributed by atoms with Crippen molar-refractivity contribution in [3.8, 4) is 11.1 Å². The zero-order chi connectivity index (χ0) is 12.7. The quantitative estimate of drug-likeness (QED) is 0.499. The van der Waals surface area contributed by atoms with Crippen molar-refractivity contribution in [1.82, 2.24) is 10.2 Å². The lowest BCUT2D eigenvalue weighted by molar-refractivity contribution is 1.08. The number of hydrogen-bond acceptors (Lipinski definition) is 1. The lowest BCUT2D eigenvalue weighted by Crippen LogP contribution is -1.81. The van der Waals surface area contributed by atoms with Gasteiger partial charge in [-0.25, -0.2) is 0 Å². The highest BCUT2D eigenvalue weighted by Crippen LogP contribution is 2.30. The van der Waals surface area contributed by atoms with E-state index in [4.69, 9.17) is 0 Å². The van der Waals surface area contributed by atoms with Crippen molar-refractivity contribution in [1.29, 1.82) is 0 Å². The minimum absolute atomic E-state index is 1.00. The number of aromatic amines is 1. The summed E-state index contributed by atoms with van der Waals surface area (Å²) in [7, 11) is 0. The van der Waals surface area contributed by atoms with Gasteiger partial charge in [0.15, 0.2) is 0 Å². The molecule has 0 fully saturated rings. The summed E-state index contributed by atoms with van der Waals surface area (Å²) in [5.41, 5.74) is 2.16. The van der Waals surface area contributed by atoms with Crippen LogP contribution in [0.2, 0.25) is 0 Å². The first kappa shape index (κ1) is 10.3. The third-order valence-electron chi connectivity index (χ3n) is 3.49. The maximum Gasteiger partial charge on any atom is 0.121 e. The van der Waals surface area contributed by atoms with E-state index >= 15 is 0 Å². The molecule has 1 radical (unpaired) electrons. The van der Waals surface area contributed by atoms with Crippen LogP contribution in [0.5, 0.6) is 0 Å². The zero-order valence-corrected chi connectivity index (χ0v) is 10.2. The zero-order valence-electron chi connectivity index (χ0n) is 10.2. The van der Waals surface area contributed by atoms with Crippen molar-refractivity contribution < 1.29 is 0 Å². The summed E-state index contributed by atoms with van der Waals surface area (Å²) >= 11 is 0. The molecule has 1 heterocycles. The van der Waals surface area contributed by atoms with E-state index in [1.165, 1.54) is 21.5 Å². The molecule has 0 aliphatic rings.